The minimum absolute atomic E-state index is 0.109. The van der Waals surface area contributed by atoms with Crippen LogP contribution in [0.5, 0.6) is 11.5 Å². The maximum absolute atomic E-state index is 10.9. The molecule has 0 amide bonds. The predicted octanol–water partition coefficient (Wildman–Crippen LogP) is 5.65. The largest absolute Gasteiger partial charge is 0.508 e. The summed E-state index contributed by atoms with van der Waals surface area (Å²) < 4.78 is 6.42. The molecule has 3 nitrogen and oxygen atoms in total. The molecule has 2 atom stereocenters. The topological polar surface area (TPSA) is 46.5 Å². The number of hydrogen-bond donors (Lipinski definition) is 1. The van der Waals surface area contributed by atoms with E-state index >= 15 is 0 Å². The molecule has 3 heteroatoms. The highest BCUT2D eigenvalue weighted by atomic mass is 16.5. The van der Waals surface area contributed by atoms with E-state index in [-0.39, 0.29) is 11.0 Å². The molecule has 1 N–H and O–H groups in total. The lowest BCUT2D eigenvalue weighted by Crippen LogP contribution is -2.45. The first-order valence-corrected chi connectivity index (χ1v) is 9.81. The molecule has 26 heavy (non-hydrogen) atoms. The fourth-order valence-electron chi connectivity index (χ4n) is 4.73. The van der Waals surface area contributed by atoms with Gasteiger partial charge in [0.1, 0.15) is 23.4 Å². The summed E-state index contributed by atoms with van der Waals surface area (Å²) in [6, 6.07) is 4.05. The summed E-state index contributed by atoms with van der Waals surface area (Å²) in [5.41, 5.74) is 3.10. The van der Waals surface area contributed by atoms with Crippen LogP contribution in [0.1, 0.15) is 83.8 Å². The average Bonchev–Trinajstić information content (AvgIpc) is 2.53. The fraction of sp³-hybridized carbons (Fsp3) is 0.609. The minimum atomic E-state index is -0.248. The van der Waals surface area contributed by atoms with Crippen LogP contribution in [0.15, 0.2) is 23.8 Å². The average molecular weight is 357 g/mol. The number of ether oxygens (including phenoxy) is 1. The molecule has 3 rings (SSSR count). The van der Waals surface area contributed by atoms with Crippen molar-refractivity contribution in [3.8, 4) is 11.5 Å². The molecule has 0 spiro atoms. The number of hydrogen-bond acceptors (Lipinski definition) is 3. The van der Waals surface area contributed by atoms with Crippen LogP contribution in [-0.4, -0.2) is 17.0 Å². The quantitative estimate of drug-likeness (QED) is 0.421. The van der Waals surface area contributed by atoms with E-state index in [1.165, 1.54) is 5.57 Å². The van der Waals surface area contributed by atoms with E-state index in [0.29, 0.717) is 24.0 Å². The zero-order valence-corrected chi connectivity index (χ0v) is 16.8. The highest BCUT2D eigenvalue weighted by Crippen LogP contribution is 2.54. The second-order valence-electron chi connectivity index (χ2n) is 9.26. The Balaban J connectivity index is 2.00. The Bertz CT molecular complexity index is 727. The van der Waals surface area contributed by atoms with Crippen molar-refractivity contribution in [3.63, 3.8) is 0 Å². The lowest BCUT2D eigenvalue weighted by atomic mass is 9.66. The van der Waals surface area contributed by atoms with Gasteiger partial charge in [0.2, 0.25) is 0 Å². The Morgan fingerprint density at radius 3 is 2.77 bits per heavy atom. The summed E-state index contributed by atoms with van der Waals surface area (Å²) in [6.45, 7) is 10.9. The van der Waals surface area contributed by atoms with Gasteiger partial charge in [0.05, 0.1) is 0 Å². The van der Waals surface area contributed by atoms with Crippen LogP contribution in [0.2, 0.25) is 0 Å². The van der Waals surface area contributed by atoms with E-state index in [0.717, 1.165) is 48.8 Å². The third kappa shape index (κ3) is 3.41. The van der Waals surface area contributed by atoms with Crippen molar-refractivity contribution in [2.24, 2.45) is 5.92 Å². The molecule has 0 bridgehead atoms. The summed E-state index contributed by atoms with van der Waals surface area (Å²) in [7, 11) is 0. The fourth-order valence-corrected chi connectivity index (χ4v) is 4.73. The van der Waals surface area contributed by atoms with Gasteiger partial charge in [-0.15, -0.1) is 0 Å². The van der Waals surface area contributed by atoms with Crippen molar-refractivity contribution >= 4 is 6.29 Å². The predicted molar refractivity (Wildman–Crippen MR) is 105 cm³/mol. The lowest BCUT2D eigenvalue weighted by Gasteiger charge is -2.47. The van der Waals surface area contributed by atoms with Gasteiger partial charge >= 0.3 is 0 Å². The van der Waals surface area contributed by atoms with Crippen molar-refractivity contribution in [1.82, 2.24) is 0 Å². The first kappa shape index (κ1) is 19.0. The number of carbonyl (C=O) groups excluding carboxylic acids is 1. The highest BCUT2D eigenvalue weighted by molar-refractivity contribution is 5.54. The summed E-state index contributed by atoms with van der Waals surface area (Å²) in [6.07, 6.45) is 7.63. The Labute approximate surface area is 157 Å². The summed E-state index contributed by atoms with van der Waals surface area (Å²) >= 11 is 0. The summed E-state index contributed by atoms with van der Waals surface area (Å²) in [5, 5.41) is 10.9. The van der Waals surface area contributed by atoms with Crippen molar-refractivity contribution < 1.29 is 14.6 Å². The third-order valence-corrected chi connectivity index (χ3v) is 6.41. The first-order chi connectivity index (χ1) is 12.2. The number of aromatic hydroxyl groups is 1. The van der Waals surface area contributed by atoms with Crippen LogP contribution in [0.4, 0.5) is 0 Å². The number of unbranched alkanes of at least 4 members (excludes halogenated alkanes) is 1. The molecule has 0 saturated carbocycles. The molecule has 1 aromatic carbocycles. The molecule has 1 aliphatic carbocycles. The number of fused-ring (bicyclic) bond motifs is 3. The molecule has 1 heterocycles. The molecule has 1 aromatic rings. The van der Waals surface area contributed by atoms with Crippen molar-refractivity contribution in [2.75, 3.05) is 0 Å². The number of benzene rings is 1. The van der Waals surface area contributed by atoms with Crippen LogP contribution >= 0.6 is 0 Å². The molecule has 0 aromatic heterocycles. The Morgan fingerprint density at radius 2 is 2.08 bits per heavy atom. The normalized spacial score (nSPS) is 24.1. The van der Waals surface area contributed by atoms with Crippen LogP contribution in [0, 0.1) is 5.92 Å². The van der Waals surface area contributed by atoms with Gasteiger partial charge in [-0.2, -0.15) is 0 Å². The third-order valence-electron chi connectivity index (χ3n) is 6.41. The zero-order chi connectivity index (χ0) is 19.1. The van der Waals surface area contributed by atoms with Gasteiger partial charge in [-0.1, -0.05) is 25.5 Å². The van der Waals surface area contributed by atoms with E-state index in [1.54, 1.807) is 0 Å². The second-order valence-corrected chi connectivity index (χ2v) is 9.26. The van der Waals surface area contributed by atoms with Crippen LogP contribution < -0.4 is 4.74 Å². The van der Waals surface area contributed by atoms with E-state index in [2.05, 4.69) is 46.8 Å². The summed E-state index contributed by atoms with van der Waals surface area (Å²) in [5.74, 6) is 1.90. The molecule has 0 unspecified atom stereocenters. The maximum Gasteiger partial charge on any atom is 0.127 e. The molecule has 0 fully saturated rings. The molecular weight excluding hydrogens is 324 g/mol. The monoisotopic (exact) mass is 356 g/mol. The molecule has 142 valence electrons. The van der Waals surface area contributed by atoms with Crippen LogP contribution in [0.25, 0.3) is 0 Å². The van der Waals surface area contributed by atoms with Crippen LogP contribution in [-0.2, 0) is 10.2 Å². The number of phenolic OH excluding ortho intramolecular Hbond substituents is 1. The van der Waals surface area contributed by atoms with E-state index in [9.17, 15) is 9.90 Å². The van der Waals surface area contributed by atoms with Gasteiger partial charge in [-0.05, 0) is 69.6 Å². The number of aldehydes is 1. The van der Waals surface area contributed by atoms with Gasteiger partial charge in [-0.3, -0.25) is 0 Å². The van der Waals surface area contributed by atoms with Gasteiger partial charge in [0.15, 0.2) is 0 Å². The SMILES string of the molecule is CC1=CC[C@@H]2[C@@H](C1)c1c(O)cc(C(C)(C)CCCC=O)cc1OC2(C)C. The highest BCUT2D eigenvalue weighted by Gasteiger charge is 2.46. The maximum atomic E-state index is 10.9. The molecular formula is C23H32O3. The number of carbonyl (C=O) groups is 1. The Morgan fingerprint density at radius 1 is 1.35 bits per heavy atom. The lowest BCUT2D eigenvalue weighted by molar-refractivity contribution is -0.108. The van der Waals surface area contributed by atoms with E-state index in [1.807, 2.05) is 6.07 Å². The standard InChI is InChI=1S/C23H32O3/c1-15-8-9-18-17(12-15)21-19(25)13-16(14-20(21)26-23(18,4)5)22(2,3)10-6-7-11-24/h8,11,13-14,17-18,25H,6-7,9-10,12H2,1-5H3/t17-,18-/m1/s1. The zero-order valence-electron chi connectivity index (χ0n) is 16.8. The summed E-state index contributed by atoms with van der Waals surface area (Å²) in [4.78, 5) is 10.6. The van der Waals surface area contributed by atoms with Gasteiger partial charge in [-0.25, -0.2) is 0 Å². The van der Waals surface area contributed by atoms with Gasteiger partial charge in [0.25, 0.3) is 0 Å². The van der Waals surface area contributed by atoms with Gasteiger partial charge < -0.3 is 14.6 Å². The Hall–Kier alpha value is -1.77. The molecule has 2 aliphatic rings. The van der Waals surface area contributed by atoms with Crippen molar-refractivity contribution in [1.29, 1.82) is 0 Å². The molecule has 1 aliphatic heterocycles. The minimum Gasteiger partial charge on any atom is -0.508 e. The van der Waals surface area contributed by atoms with Gasteiger partial charge in [0, 0.05) is 23.8 Å². The number of phenols is 1. The number of rotatable bonds is 5. The van der Waals surface area contributed by atoms with Crippen molar-refractivity contribution in [3.05, 3.63) is 34.9 Å². The molecule has 0 saturated heterocycles. The van der Waals surface area contributed by atoms with Crippen LogP contribution in [0.3, 0.4) is 0 Å². The van der Waals surface area contributed by atoms with E-state index < -0.39 is 0 Å². The number of allylic oxidation sites excluding steroid dienone is 2. The molecule has 0 radical (unpaired) electrons. The van der Waals surface area contributed by atoms with Crippen molar-refractivity contribution in [2.45, 2.75) is 83.7 Å². The van der Waals surface area contributed by atoms with E-state index in [4.69, 9.17) is 4.74 Å². The second kappa shape index (κ2) is 6.75. The smallest absolute Gasteiger partial charge is 0.127 e. The Kier molecular flexibility index (Phi) is 4.94. The first-order valence-electron chi connectivity index (χ1n) is 9.81.